The third-order valence-electron chi connectivity index (χ3n) is 4.03. The van der Waals surface area contributed by atoms with Crippen LogP contribution in [0.4, 0.5) is 0 Å². The molecule has 2 heterocycles. The molecule has 2 atom stereocenters. The molecule has 0 radical (unpaired) electrons. The van der Waals surface area contributed by atoms with E-state index in [4.69, 9.17) is 4.74 Å². The Morgan fingerprint density at radius 3 is 3.00 bits per heavy atom. The average Bonchev–Trinajstić information content (AvgIpc) is 2.95. The molecule has 21 heavy (non-hydrogen) atoms. The molecule has 1 aromatic heterocycles. The molecule has 1 aromatic rings. The Morgan fingerprint density at radius 1 is 1.43 bits per heavy atom. The molecule has 1 aliphatic heterocycles. The molecule has 0 saturated carbocycles. The summed E-state index contributed by atoms with van der Waals surface area (Å²) in [4.78, 5) is 6.90. The van der Waals surface area contributed by atoms with Crippen molar-refractivity contribution in [2.45, 2.75) is 52.3 Å². The van der Waals surface area contributed by atoms with Gasteiger partial charge in [0.25, 0.3) is 0 Å². The van der Waals surface area contributed by atoms with E-state index >= 15 is 0 Å². The van der Waals surface area contributed by atoms with Crippen molar-refractivity contribution in [1.82, 2.24) is 25.0 Å². The summed E-state index contributed by atoms with van der Waals surface area (Å²) in [6.07, 6.45) is 3.94. The molecule has 2 rings (SSSR count). The van der Waals surface area contributed by atoms with E-state index in [0.29, 0.717) is 6.04 Å². The highest BCUT2D eigenvalue weighted by atomic mass is 16.5. The van der Waals surface area contributed by atoms with Crippen LogP contribution in [0, 0.1) is 0 Å². The van der Waals surface area contributed by atoms with Gasteiger partial charge in [-0.15, -0.1) is 0 Å². The molecule has 2 unspecified atom stereocenters. The van der Waals surface area contributed by atoms with Crippen LogP contribution in [0.1, 0.15) is 33.0 Å². The quantitative estimate of drug-likeness (QED) is 0.773. The summed E-state index contributed by atoms with van der Waals surface area (Å²) in [6, 6.07) is 0.296. The number of ether oxygens (including phenoxy) is 1. The number of nitrogens with zero attached hydrogens (tertiary/aromatic N) is 4. The molecule has 6 heteroatoms. The number of aromatic nitrogens is 3. The molecule has 120 valence electrons. The normalized spacial score (nSPS) is 21.6. The maximum Gasteiger partial charge on any atom is 0.138 e. The summed E-state index contributed by atoms with van der Waals surface area (Å²) in [5.74, 6) is 1.04. The van der Waals surface area contributed by atoms with E-state index in [1.165, 1.54) is 6.42 Å². The van der Waals surface area contributed by atoms with E-state index in [1.54, 1.807) is 6.33 Å². The van der Waals surface area contributed by atoms with E-state index in [0.717, 1.165) is 51.6 Å². The van der Waals surface area contributed by atoms with Crippen molar-refractivity contribution >= 4 is 0 Å². The highest BCUT2D eigenvalue weighted by Crippen LogP contribution is 2.13. The van der Waals surface area contributed by atoms with Gasteiger partial charge in [0, 0.05) is 32.1 Å². The number of morpholine rings is 1. The van der Waals surface area contributed by atoms with Gasteiger partial charge in [0.05, 0.1) is 12.7 Å². The lowest BCUT2D eigenvalue weighted by Crippen LogP contribution is -2.53. The van der Waals surface area contributed by atoms with E-state index in [-0.39, 0.29) is 6.10 Å². The predicted molar refractivity (Wildman–Crippen MR) is 83.3 cm³/mol. The minimum absolute atomic E-state index is 0.229. The van der Waals surface area contributed by atoms with Crippen molar-refractivity contribution in [3.63, 3.8) is 0 Å². The second kappa shape index (κ2) is 8.46. The number of aryl methyl sites for hydroxylation is 1. The lowest BCUT2D eigenvalue weighted by Gasteiger charge is -2.37. The fraction of sp³-hybridized carbons (Fsp3) is 0.867. The largest absolute Gasteiger partial charge is 0.374 e. The Bertz CT molecular complexity index is 407. The Hall–Kier alpha value is -0.980. The Morgan fingerprint density at radius 2 is 2.29 bits per heavy atom. The van der Waals surface area contributed by atoms with Gasteiger partial charge >= 0.3 is 0 Å². The van der Waals surface area contributed by atoms with Crippen LogP contribution in [0.15, 0.2) is 6.33 Å². The fourth-order valence-electron chi connectivity index (χ4n) is 3.00. The molecule has 0 aliphatic carbocycles. The molecule has 1 aliphatic rings. The zero-order valence-electron chi connectivity index (χ0n) is 13.6. The van der Waals surface area contributed by atoms with Gasteiger partial charge in [-0.2, -0.15) is 5.10 Å². The van der Waals surface area contributed by atoms with Gasteiger partial charge in [-0.3, -0.25) is 9.58 Å². The minimum atomic E-state index is 0.229. The molecule has 0 amide bonds. The zero-order chi connectivity index (χ0) is 15.1. The van der Waals surface area contributed by atoms with Crippen molar-refractivity contribution in [2.75, 3.05) is 32.8 Å². The summed E-state index contributed by atoms with van der Waals surface area (Å²) in [6.45, 7) is 12.3. The standard InChI is InChI=1S/C15H29N5O/c1-4-7-19-8-9-21-14(11-19)13(16-5-2)10-15-17-12-18-20(15)6-3/h12-14,16H,4-11H2,1-3H3. The topological polar surface area (TPSA) is 55.2 Å². The molecule has 0 aromatic carbocycles. The van der Waals surface area contributed by atoms with Crippen molar-refractivity contribution in [2.24, 2.45) is 0 Å². The molecule has 1 N–H and O–H groups in total. The summed E-state index contributed by atoms with van der Waals surface area (Å²) in [7, 11) is 0. The van der Waals surface area contributed by atoms with Gasteiger partial charge in [-0.05, 0) is 26.4 Å². The number of hydrogen-bond donors (Lipinski definition) is 1. The second-order valence-corrected chi connectivity index (χ2v) is 5.57. The summed E-state index contributed by atoms with van der Waals surface area (Å²) in [5.41, 5.74) is 0. The lowest BCUT2D eigenvalue weighted by atomic mass is 10.0. The van der Waals surface area contributed by atoms with Gasteiger partial charge in [0.15, 0.2) is 0 Å². The van der Waals surface area contributed by atoms with Gasteiger partial charge in [-0.1, -0.05) is 13.8 Å². The third kappa shape index (κ3) is 4.49. The van der Waals surface area contributed by atoms with Crippen molar-refractivity contribution in [3.8, 4) is 0 Å². The minimum Gasteiger partial charge on any atom is -0.374 e. The number of likely N-dealkylation sites (N-methyl/N-ethyl adjacent to an activating group) is 1. The Kier molecular flexibility index (Phi) is 6.60. The second-order valence-electron chi connectivity index (χ2n) is 5.57. The maximum atomic E-state index is 6.03. The van der Waals surface area contributed by atoms with Gasteiger partial charge < -0.3 is 10.1 Å². The van der Waals surface area contributed by atoms with Gasteiger partial charge in [0.1, 0.15) is 12.2 Å². The van der Waals surface area contributed by atoms with Crippen LogP contribution >= 0.6 is 0 Å². The van der Waals surface area contributed by atoms with Gasteiger partial charge in [-0.25, -0.2) is 4.98 Å². The number of rotatable bonds is 8. The molecule has 0 bridgehead atoms. The zero-order valence-corrected chi connectivity index (χ0v) is 13.6. The first kappa shape index (κ1) is 16.4. The molecule has 0 spiro atoms. The summed E-state index contributed by atoms with van der Waals surface area (Å²) >= 11 is 0. The van der Waals surface area contributed by atoms with Crippen LogP contribution in [0.25, 0.3) is 0 Å². The molecule has 1 fully saturated rings. The van der Waals surface area contributed by atoms with Crippen LogP contribution in [0.3, 0.4) is 0 Å². The van der Waals surface area contributed by atoms with E-state index in [2.05, 4.69) is 41.1 Å². The smallest absolute Gasteiger partial charge is 0.138 e. The third-order valence-corrected chi connectivity index (χ3v) is 4.03. The van der Waals surface area contributed by atoms with Crippen LogP contribution < -0.4 is 5.32 Å². The molecular formula is C15H29N5O. The number of nitrogens with one attached hydrogen (secondary N) is 1. The van der Waals surface area contributed by atoms with Crippen LogP contribution in [0.2, 0.25) is 0 Å². The van der Waals surface area contributed by atoms with Crippen molar-refractivity contribution in [3.05, 3.63) is 12.2 Å². The molecule has 6 nitrogen and oxygen atoms in total. The van der Waals surface area contributed by atoms with Crippen LogP contribution in [0.5, 0.6) is 0 Å². The van der Waals surface area contributed by atoms with E-state index in [9.17, 15) is 0 Å². The first-order valence-corrected chi connectivity index (χ1v) is 8.22. The lowest BCUT2D eigenvalue weighted by molar-refractivity contribution is -0.0463. The summed E-state index contributed by atoms with van der Waals surface area (Å²) in [5, 5.41) is 7.84. The number of hydrogen-bond acceptors (Lipinski definition) is 5. The molecular weight excluding hydrogens is 266 g/mol. The first-order chi connectivity index (χ1) is 10.3. The van der Waals surface area contributed by atoms with E-state index in [1.807, 2.05) is 4.68 Å². The Labute approximate surface area is 127 Å². The summed E-state index contributed by atoms with van der Waals surface area (Å²) < 4.78 is 8.00. The monoisotopic (exact) mass is 295 g/mol. The van der Waals surface area contributed by atoms with E-state index < -0.39 is 0 Å². The van der Waals surface area contributed by atoms with Crippen LogP contribution in [-0.2, 0) is 17.7 Å². The Balaban J connectivity index is 2.00. The fourth-order valence-corrected chi connectivity index (χ4v) is 3.00. The maximum absolute atomic E-state index is 6.03. The SMILES string of the molecule is CCCN1CCOC(C(Cc2ncnn2CC)NCC)C1. The first-order valence-electron chi connectivity index (χ1n) is 8.22. The average molecular weight is 295 g/mol. The molecule has 1 saturated heterocycles. The predicted octanol–water partition coefficient (Wildman–Crippen LogP) is 0.929. The highest BCUT2D eigenvalue weighted by Gasteiger charge is 2.28. The highest BCUT2D eigenvalue weighted by molar-refractivity contribution is 4.94. The van der Waals surface area contributed by atoms with Crippen LogP contribution in [-0.4, -0.2) is 64.6 Å². The van der Waals surface area contributed by atoms with Gasteiger partial charge in [0.2, 0.25) is 0 Å². The van der Waals surface area contributed by atoms with Crippen molar-refractivity contribution < 1.29 is 4.74 Å². The van der Waals surface area contributed by atoms with Crippen molar-refractivity contribution in [1.29, 1.82) is 0 Å².